The fourth-order valence-corrected chi connectivity index (χ4v) is 5.71. The number of carbonyl (C=O) groups is 1. The van der Waals surface area contributed by atoms with Gasteiger partial charge in [-0.15, -0.1) is 0 Å². The van der Waals surface area contributed by atoms with E-state index >= 15 is 0 Å². The first-order valence-corrected chi connectivity index (χ1v) is 15.9. The maximum absolute atomic E-state index is 13.4. The number of benzene rings is 3. The quantitative estimate of drug-likeness (QED) is 0.110. The lowest BCUT2D eigenvalue weighted by Gasteiger charge is -2.45. The Hall–Kier alpha value is -5.34. The summed E-state index contributed by atoms with van der Waals surface area (Å²) in [5.74, 6) is 0. The largest absolute Gasteiger partial charge is 0.445 e. The van der Waals surface area contributed by atoms with Crippen LogP contribution in [0.5, 0.6) is 0 Å². The van der Waals surface area contributed by atoms with Gasteiger partial charge in [-0.2, -0.15) is 0 Å². The van der Waals surface area contributed by atoms with E-state index in [0.29, 0.717) is 12.8 Å². The molecule has 3 aromatic carbocycles. The molecule has 0 spiro atoms. The van der Waals surface area contributed by atoms with Crippen LogP contribution < -0.4 is 0 Å². The summed E-state index contributed by atoms with van der Waals surface area (Å²) in [6, 6.07) is 27.0. The molecule has 3 aromatic rings. The zero-order valence-electron chi connectivity index (χ0n) is 26.9. The number of ether oxygens (including phenoxy) is 5. The van der Waals surface area contributed by atoms with E-state index in [4.69, 9.17) is 29.2 Å². The Balaban J connectivity index is 1.36. The zero-order chi connectivity index (χ0) is 35.1. The van der Waals surface area contributed by atoms with Crippen LogP contribution in [0.3, 0.4) is 0 Å². The molecule has 260 valence electrons. The number of azide groups is 3. The number of hydrogen-bond acceptors (Lipinski definition) is 10. The van der Waals surface area contributed by atoms with Gasteiger partial charge in [-0.1, -0.05) is 106 Å². The summed E-state index contributed by atoms with van der Waals surface area (Å²) in [5, 5.41) is 22.2. The van der Waals surface area contributed by atoms with Crippen molar-refractivity contribution in [3.05, 3.63) is 139 Å². The van der Waals surface area contributed by atoms with Crippen LogP contribution in [0.2, 0.25) is 0 Å². The molecule has 2 aliphatic rings. The smallest absolute Gasteiger partial charge is 0.410 e. The average Bonchev–Trinajstić information content (AvgIpc) is 3.14. The summed E-state index contributed by atoms with van der Waals surface area (Å²) in [5.41, 5.74) is 30.3. The summed E-state index contributed by atoms with van der Waals surface area (Å²) in [4.78, 5) is 23.5. The van der Waals surface area contributed by atoms with Gasteiger partial charge in [-0.25, -0.2) is 4.79 Å². The topological polar surface area (TPSA) is 233 Å². The first-order chi connectivity index (χ1) is 24.5. The van der Waals surface area contributed by atoms with E-state index in [2.05, 4.69) is 30.1 Å². The van der Waals surface area contributed by atoms with Crippen LogP contribution >= 0.6 is 0 Å². The Kier molecular flexibility index (Phi) is 13.3. The molecule has 5 rings (SSSR count). The van der Waals surface area contributed by atoms with Crippen LogP contribution in [0.25, 0.3) is 31.3 Å². The molecule has 0 radical (unpaired) electrons. The van der Waals surface area contributed by atoms with Crippen molar-refractivity contribution in [1.82, 2.24) is 4.90 Å². The SMILES string of the molecule is [N-]=[N+]=NC1CC[C@@H](CN(Cc2ccccc2)C(=O)OCc2ccccc2)O[C@@H]1O[C@@H]1C(N=[N+]=[N-])OC(N=[N+]=[N-])[C@H](O)[C@H]1OCc1ccccc1. The highest BCUT2D eigenvalue weighted by atomic mass is 16.7. The molecule has 17 heteroatoms. The van der Waals surface area contributed by atoms with Crippen molar-refractivity contribution in [2.75, 3.05) is 6.54 Å². The number of aliphatic hydroxyl groups is 1. The van der Waals surface area contributed by atoms with E-state index in [1.54, 1.807) is 0 Å². The van der Waals surface area contributed by atoms with Gasteiger partial charge in [0.2, 0.25) is 0 Å². The molecule has 17 nitrogen and oxygen atoms in total. The van der Waals surface area contributed by atoms with Gasteiger partial charge in [0.1, 0.15) is 24.9 Å². The maximum atomic E-state index is 13.4. The summed E-state index contributed by atoms with van der Waals surface area (Å²) in [6.07, 6.45) is -8.65. The van der Waals surface area contributed by atoms with Crippen LogP contribution in [0.1, 0.15) is 29.5 Å². The second kappa shape index (κ2) is 18.4. The maximum Gasteiger partial charge on any atom is 0.410 e. The van der Waals surface area contributed by atoms with E-state index < -0.39 is 55.3 Å². The van der Waals surface area contributed by atoms with Gasteiger partial charge in [0, 0.05) is 21.3 Å². The number of nitrogens with zero attached hydrogens (tertiary/aromatic N) is 10. The fraction of sp³-hybridized carbons (Fsp3) is 0.424. The molecule has 1 N–H and O–H groups in total. The first-order valence-electron chi connectivity index (χ1n) is 15.9. The highest BCUT2D eigenvalue weighted by Gasteiger charge is 2.49. The molecule has 2 aliphatic heterocycles. The van der Waals surface area contributed by atoms with E-state index in [1.165, 1.54) is 4.90 Å². The Labute approximate surface area is 287 Å². The summed E-state index contributed by atoms with van der Waals surface area (Å²) < 4.78 is 30.1. The van der Waals surface area contributed by atoms with E-state index in [-0.39, 0.29) is 26.3 Å². The number of amides is 1. The standard InChI is InChI=1S/C33H36N10O7/c34-40-37-26-17-16-25(19-43(18-22-10-4-1-5-11-22)33(45)47-21-24-14-8-3-9-15-24)48-32(26)49-29-28(46-20-23-12-6-2-7-13-23)27(44)30(38-41-35)50-31(29)39-42-36/h1-15,25-32,44H,16-21H2/t25-,26?,27+,28+,29-,30?,31?,32+/m0/s1. The van der Waals surface area contributed by atoms with Gasteiger partial charge in [-0.05, 0) is 46.1 Å². The predicted molar refractivity (Wildman–Crippen MR) is 177 cm³/mol. The molecular formula is C33H36N10O7. The van der Waals surface area contributed by atoms with Crippen molar-refractivity contribution < 1.29 is 33.6 Å². The van der Waals surface area contributed by atoms with Crippen molar-refractivity contribution in [1.29, 1.82) is 0 Å². The summed E-state index contributed by atoms with van der Waals surface area (Å²) in [7, 11) is 0. The minimum absolute atomic E-state index is 0.0157. The molecule has 0 saturated carbocycles. The Morgan fingerprint density at radius 2 is 1.34 bits per heavy atom. The summed E-state index contributed by atoms with van der Waals surface area (Å²) >= 11 is 0. The van der Waals surface area contributed by atoms with Gasteiger partial charge in [-0.3, -0.25) is 0 Å². The van der Waals surface area contributed by atoms with Crippen LogP contribution in [0.15, 0.2) is 106 Å². The van der Waals surface area contributed by atoms with Gasteiger partial charge >= 0.3 is 6.09 Å². The lowest BCUT2D eigenvalue weighted by atomic mass is 10.00. The molecule has 2 fully saturated rings. The third kappa shape index (κ3) is 9.86. The minimum atomic E-state index is -1.54. The normalized spacial score (nSPS) is 25.9. The van der Waals surface area contributed by atoms with Crippen molar-refractivity contribution in [2.45, 2.75) is 81.8 Å². The Morgan fingerprint density at radius 3 is 1.96 bits per heavy atom. The van der Waals surface area contributed by atoms with Gasteiger partial charge in [0.25, 0.3) is 0 Å². The lowest BCUT2D eigenvalue weighted by molar-refractivity contribution is -0.301. The van der Waals surface area contributed by atoms with Crippen LogP contribution in [0, 0.1) is 0 Å². The van der Waals surface area contributed by atoms with E-state index in [1.807, 2.05) is 91.0 Å². The van der Waals surface area contributed by atoms with E-state index in [9.17, 15) is 21.0 Å². The van der Waals surface area contributed by atoms with Crippen molar-refractivity contribution in [3.8, 4) is 0 Å². The van der Waals surface area contributed by atoms with Crippen molar-refractivity contribution in [3.63, 3.8) is 0 Å². The molecular weight excluding hydrogens is 648 g/mol. The monoisotopic (exact) mass is 684 g/mol. The number of aliphatic hydroxyl groups excluding tert-OH is 1. The second-order valence-electron chi connectivity index (χ2n) is 11.6. The fourth-order valence-electron chi connectivity index (χ4n) is 5.71. The van der Waals surface area contributed by atoms with Gasteiger partial charge in [0.05, 0.1) is 25.3 Å². The molecule has 1 amide bonds. The third-order valence-electron chi connectivity index (χ3n) is 8.15. The predicted octanol–water partition coefficient (Wildman–Crippen LogP) is 6.64. The number of hydrogen-bond donors (Lipinski definition) is 1. The zero-order valence-corrected chi connectivity index (χ0v) is 26.9. The molecule has 50 heavy (non-hydrogen) atoms. The van der Waals surface area contributed by atoms with Crippen molar-refractivity contribution in [2.24, 2.45) is 15.3 Å². The minimum Gasteiger partial charge on any atom is -0.445 e. The molecule has 0 bridgehead atoms. The highest BCUT2D eigenvalue weighted by molar-refractivity contribution is 5.67. The van der Waals surface area contributed by atoms with Crippen LogP contribution in [-0.2, 0) is 43.4 Å². The van der Waals surface area contributed by atoms with Crippen LogP contribution in [-0.4, -0.2) is 71.8 Å². The Bertz CT molecular complexity index is 1670. The van der Waals surface area contributed by atoms with E-state index in [0.717, 1.165) is 16.7 Å². The molecule has 0 aliphatic carbocycles. The number of carbonyl (C=O) groups excluding carboxylic acids is 1. The number of rotatable bonds is 14. The molecule has 2 saturated heterocycles. The average molecular weight is 685 g/mol. The van der Waals surface area contributed by atoms with Gasteiger partial charge < -0.3 is 33.7 Å². The first kappa shape index (κ1) is 36.0. The summed E-state index contributed by atoms with van der Waals surface area (Å²) in [6.45, 7) is 0.425. The van der Waals surface area contributed by atoms with Gasteiger partial charge in [0.15, 0.2) is 18.7 Å². The molecule has 0 aromatic heterocycles. The Morgan fingerprint density at radius 1 is 0.760 bits per heavy atom. The molecule has 2 heterocycles. The third-order valence-corrected chi connectivity index (χ3v) is 8.15. The molecule has 8 atom stereocenters. The lowest BCUT2D eigenvalue weighted by Crippen LogP contribution is -2.60. The van der Waals surface area contributed by atoms with Crippen LogP contribution in [0.4, 0.5) is 4.79 Å². The second-order valence-corrected chi connectivity index (χ2v) is 11.6. The highest BCUT2D eigenvalue weighted by Crippen LogP contribution is 2.33. The van der Waals surface area contributed by atoms with Crippen molar-refractivity contribution >= 4 is 6.09 Å². The molecule has 3 unspecified atom stereocenters.